The fourth-order valence-electron chi connectivity index (χ4n) is 4.13. The first-order valence-corrected chi connectivity index (χ1v) is 10.7. The van der Waals surface area contributed by atoms with Crippen molar-refractivity contribution >= 4 is 21.8 Å². The molecule has 0 fully saturated rings. The molecule has 0 aliphatic rings. The van der Waals surface area contributed by atoms with Gasteiger partial charge in [-0.05, 0) is 57.2 Å². The van der Waals surface area contributed by atoms with E-state index in [9.17, 15) is 4.79 Å². The summed E-state index contributed by atoms with van der Waals surface area (Å²) in [5.74, 6) is 0. The fourth-order valence-corrected chi connectivity index (χ4v) is 4.13. The van der Waals surface area contributed by atoms with E-state index in [4.69, 9.17) is 0 Å². The minimum atomic E-state index is 0.0834. The predicted octanol–water partition coefficient (Wildman–Crippen LogP) is 4.10. The summed E-state index contributed by atoms with van der Waals surface area (Å²) in [6, 6.07) is 8.06. The van der Waals surface area contributed by atoms with E-state index < -0.39 is 0 Å². The number of nitrogens with zero attached hydrogens (tertiary/aromatic N) is 2. The Morgan fingerprint density at radius 3 is 2.50 bits per heavy atom. The normalized spacial score (nSPS) is 12.1. The molecule has 0 saturated heterocycles. The van der Waals surface area contributed by atoms with Crippen molar-refractivity contribution in [2.45, 2.75) is 46.0 Å². The molecule has 4 nitrogen and oxygen atoms in total. The fraction of sp³-hybridized carbons (Fsp3) is 0.500. The van der Waals surface area contributed by atoms with Crippen LogP contribution in [-0.4, -0.2) is 36.1 Å². The number of unbranched alkanes of at least 4 members (excludes halogenated alkanes) is 3. The van der Waals surface area contributed by atoms with Crippen LogP contribution in [0.1, 0.15) is 45.1 Å². The van der Waals surface area contributed by atoms with Crippen LogP contribution in [0.4, 0.5) is 0 Å². The third-order valence-electron chi connectivity index (χ3n) is 6.54. The maximum Gasteiger partial charge on any atom is 0.218 e. The molecule has 0 spiro atoms. The molecule has 0 aliphatic heterocycles. The topological polar surface area (TPSA) is 36.7 Å². The quantitative estimate of drug-likeness (QED) is 0.258. The zero-order valence-electron chi connectivity index (χ0n) is 17.9. The van der Waals surface area contributed by atoms with Crippen LogP contribution in [0.25, 0.3) is 21.8 Å². The van der Waals surface area contributed by atoms with Crippen LogP contribution in [0.5, 0.6) is 0 Å². The molecule has 3 rings (SSSR count). The van der Waals surface area contributed by atoms with Crippen molar-refractivity contribution in [1.82, 2.24) is 4.98 Å². The number of H-pyrrole nitrogens is 1. The van der Waals surface area contributed by atoms with Gasteiger partial charge in [0.15, 0.2) is 6.20 Å². The van der Waals surface area contributed by atoms with Gasteiger partial charge >= 0.3 is 0 Å². The first kappa shape index (κ1) is 20.5. The van der Waals surface area contributed by atoms with E-state index in [1.54, 1.807) is 6.07 Å². The highest BCUT2D eigenvalue weighted by atomic mass is 16.1. The monoisotopic (exact) mass is 381 g/mol. The number of aryl methyl sites for hydroxylation is 2. The molecule has 1 aromatic carbocycles. The zero-order valence-corrected chi connectivity index (χ0v) is 17.9. The molecule has 0 bridgehead atoms. The number of hydrogen-bond donors (Lipinski definition) is 1. The first-order valence-electron chi connectivity index (χ1n) is 10.7. The van der Waals surface area contributed by atoms with E-state index in [0.29, 0.717) is 0 Å². The number of quaternary nitrogens is 1. The summed E-state index contributed by atoms with van der Waals surface area (Å²) in [7, 11) is 4.35. The van der Waals surface area contributed by atoms with E-state index in [1.807, 2.05) is 24.0 Å². The van der Waals surface area contributed by atoms with Crippen molar-refractivity contribution in [3.63, 3.8) is 0 Å². The molecule has 150 valence electrons. The van der Waals surface area contributed by atoms with Gasteiger partial charge in [0.1, 0.15) is 12.4 Å². The highest BCUT2D eigenvalue weighted by Crippen LogP contribution is 2.23. The molecule has 0 saturated carbocycles. The summed E-state index contributed by atoms with van der Waals surface area (Å²) >= 11 is 0. The molecule has 0 aliphatic carbocycles. The Hall–Kier alpha value is -2.20. The number of aromatic nitrogens is 2. The zero-order chi connectivity index (χ0) is 20.1. The molecular weight excluding hydrogens is 346 g/mol. The van der Waals surface area contributed by atoms with Crippen molar-refractivity contribution in [2.24, 2.45) is 7.05 Å². The van der Waals surface area contributed by atoms with Crippen molar-refractivity contribution in [1.29, 1.82) is 0 Å². The second kappa shape index (κ2) is 8.87. The van der Waals surface area contributed by atoms with E-state index >= 15 is 0 Å². The summed E-state index contributed by atoms with van der Waals surface area (Å²) < 4.78 is 3.19. The molecule has 28 heavy (non-hydrogen) atoms. The Bertz CT molecular complexity index is 1000. The Morgan fingerprint density at radius 1 is 1.00 bits per heavy atom. The largest absolute Gasteiger partial charge is 0.360 e. The first-order chi connectivity index (χ1) is 13.5. The van der Waals surface area contributed by atoms with Gasteiger partial charge in [-0.15, -0.1) is 0 Å². The summed E-state index contributed by atoms with van der Waals surface area (Å²) in [6.45, 7) is 8.30. The Balaban J connectivity index is 1.69. The van der Waals surface area contributed by atoms with Gasteiger partial charge in [0.05, 0.1) is 38.3 Å². The van der Waals surface area contributed by atoms with E-state index in [-0.39, 0.29) is 5.43 Å². The van der Waals surface area contributed by atoms with Gasteiger partial charge in [-0.3, -0.25) is 4.79 Å². The van der Waals surface area contributed by atoms with Crippen LogP contribution in [-0.2, 0) is 13.5 Å². The average Bonchev–Trinajstić information content (AvgIpc) is 2.72. The number of fused-ring (bicyclic) bond motifs is 3. The number of hydrogen-bond acceptors (Lipinski definition) is 1. The van der Waals surface area contributed by atoms with Gasteiger partial charge in [0.25, 0.3) is 0 Å². The van der Waals surface area contributed by atoms with Crippen LogP contribution in [0.15, 0.2) is 41.5 Å². The minimum Gasteiger partial charge on any atom is -0.360 e. The van der Waals surface area contributed by atoms with Gasteiger partial charge in [0.2, 0.25) is 10.9 Å². The van der Waals surface area contributed by atoms with Crippen LogP contribution in [0.2, 0.25) is 0 Å². The van der Waals surface area contributed by atoms with Crippen LogP contribution in [0.3, 0.4) is 0 Å². The lowest BCUT2D eigenvalue weighted by molar-refractivity contribution is -0.906. The number of pyridine rings is 2. The van der Waals surface area contributed by atoms with Crippen LogP contribution in [0, 0.1) is 0 Å². The van der Waals surface area contributed by atoms with Gasteiger partial charge in [-0.1, -0.05) is 6.42 Å². The van der Waals surface area contributed by atoms with E-state index in [1.165, 1.54) is 60.8 Å². The van der Waals surface area contributed by atoms with Gasteiger partial charge in [-0.2, -0.15) is 0 Å². The molecule has 3 aromatic rings. The van der Waals surface area contributed by atoms with Crippen LogP contribution >= 0.6 is 0 Å². The molecule has 4 heteroatoms. The van der Waals surface area contributed by atoms with E-state index in [2.05, 4.69) is 44.1 Å². The molecule has 0 atom stereocenters. The third-order valence-corrected chi connectivity index (χ3v) is 6.54. The lowest BCUT2D eigenvalue weighted by Crippen LogP contribution is -2.44. The summed E-state index contributed by atoms with van der Waals surface area (Å²) in [4.78, 5) is 15.8. The molecule has 0 unspecified atom stereocenters. The van der Waals surface area contributed by atoms with Crippen molar-refractivity contribution < 1.29 is 9.05 Å². The summed E-state index contributed by atoms with van der Waals surface area (Å²) in [5.41, 5.74) is 3.36. The predicted molar refractivity (Wildman–Crippen MR) is 118 cm³/mol. The molecule has 2 heterocycles. The smallest absolute Gasteiger partial charge is 0.218 e. The lowest BCUT2D eigenvalue weighted by atomic mass is 10.00. The van der Waals surface area contributed by atoms with Crippen molar-refractivity contribution in [3.05, 3.63) is 52.4 Å². The number of benzene rings is 1. The van der Waals surface area contributed by atoms with Crippen molar-refractivity contribution in [2.75, 3.05) is 26.7 Å². The maximum absolute atomic E-state index is 12.5. The van der Waals surface area contributed by atoms with Gasteiger partial charge < -0.3 is 9.47 Å². The molecule has 0 amide bonds. The summed E-state index contributed by atoms with van der Waals surface area (Å²) in [6.07, 6.45) is 9.96. The minimum absolute atomic E-state index is 0.0834. The highest BCUT2D eigenvalue weighted by Gasteiger charge is 2.15. The van der Waals surface area contributed by atoms with Gasteiger partial charge in [0, 0.05) is 17.6 Å². The summed E-state index contributed by atoms with van der Waals surface area (Å²) in [5, 5.41) is 1.97. The molecule has 0 radical (unpaired) electrons. The Morgan fingerprint density at radius 2 is 1.75 bits per heavy atom. The maximum atomic E-state index is 12.5. The second-order valence-corrected chi connectivity index (χ2v) is 8.32. The third kappa shape index (κ3) is 4.27. The number of aromatic amines is 1. The average molecular weight is 382 g/mol. The van der Waals surface area contributed by atoms with Crippen molar-refractivity contribution in [3.8, 4) is 0 Å². The lowest BCUT2D eigenvalue weighted by Gasteiger charge is -2.32. The molecular formula is C24H35N3O+2. The SMILES string of the molecule is CC[N+](C)(CC)CCCCCCc1cc[nH]c2c1ccc1c2c(=O)cc[n+]1C. The molecule has 2 aromatic heterocycles. The number of rotatable bonds is 9. The van der Waals surface area contributed by atoms with Crippen LogP contribution < -0.4 is 10.00 Å². The Labute approximate surface area is 168 Å². The van der Waals surface area contributed by atoms with Gasteiger partial charge in [-0.25, -0.2) is 4.57 Å². The standard InChI is InChI=1S/C24H34N3O/c1-5-27(4,6-2)18-10-8-7-9-11-19-14-16-25-24-20(19)12-13-21-23(24)22(28)15-17-26(21)3/h12-17H,5-11,18H2,1-4H3/q+1/p+1. The number of nitrogens with one attached hydrogen (secondary N) is 1. The highest BCUT2D eigenvalue weighted by molar-refractivity contribution is 6.03. The Kier molecular flexibility index (Phi) is 6.50. The van der Waals surface area contributed by atoms with E-state index in [0.717, 1.165) is 22.8 Å². The molecule has 1 N–H and O–H groups in total. The second-order valence-electron chi connectivity index (χ2n) is 8.32.